The molecule has 190 valence electrons. The van der Waals surface area contributed by atoms with Gasteiger partial charge in [-0.3, -0.25) is 14.5 Å². The quantitative estimate of drug-likeness (QED) is 0.279. The zero-order chi connectivity index (χ0) is 26.4. The van der Waals surface area contributed by atoms with Gasteiger partial charge in [0.25, 0.3) is 11.8 Å². The molecule has 3 aromatic rings. The maximum Gasteiger partial charge on any atom is 0.266 e. The first-order valence-corrected chi connectivity index (χ1v) is 12.7. The standard InChI is InChI=1S/C28H26N2O5S2/c1-18(20-8-5-4-6-9-20)30-27(32)25(37-28(30)36)15-19-12-13-23(24(14-19)34-3)35-17-26(31)29-21-10-7-11-22(16-21)33-2/h4-16,18H,17H2,1-3H3,(H,29,31)/b25-15-/t18-/m0/s1. The van der Waals surface area contributed by atoms with E-state index in [1.54, 1.807) is 60.6 Å². The molecule has 9 heteroatoms. The Labute approximate surface area is 225 Å². The fourth-order valence-corrected chi connectivity index (χ4v) is 5.20. The molecule has 1 aliphatic heterocycles. The van der Waals surface area contributed by atoms with Crippen molar-refractivity contribution in [2.45, 2.75) is 13.0 Å². The van der Waals surface area contributed by atoms with E-state index in [0.717, 1.165) is 11.1 Å². The molecule has 1 N–H and O–H groups in total. The molecule has 0 radical (unpaired) electrons. The van der Waals surface area contributed by atoms with Gasteiger partial charge < -0.3 is 19.5 Å². The topological polar surface area (TPSA) is 77.1 Å². The van der Waals surface area contributed by atoms with Gasteiger partial charge in [0.15, 0.2) is 18.1 Å². The number of methoxy groups -OCH3 is 2. The average Bonchev–Trinajstić information content (AvgIpc) is 3.20. The smallest absolute Gasteiger partial charge is 0.266 e. The third-order valence-corrected chi connectivity index (χ3v) is 7.02. The first kappa shape index (κ1) is 26.2. The molecule has 4 rings (SSSR count). The number of hydrogen-bond acceptors (Lipinski definition) is 7. The molecule has 1 fully saturated rings. The molecule has 1 aliphatic rings. The molecule has 0 bridgehead atoms. The van der Waals surface area contributed by atoms with E-state index in [9.17, 15) is 9.59 Å². The Kier molecular flexibility index (Phi) is 8.47. The maximum atomic E-state index is 13.2. The number of amides is 2. The van der Waals surface area contributed by atoms with E-state index in [0.29, 0.717) is 32.2 Å². The van der Waals surface area contributed by atoms with E-state index in [-0.39, 0.29) is 24.5 Å². The second-order valence-electron chi connectivity index (χ2n) is 8.12. The fraction of sp³-hybridized carbons (Fsp3) is 0.179. The van der Waals surface area contributed by atoms with Crippen LogP contribution in [0.1, 0.15) is 24.1 Å². The molecule has 0 unspecified atom stereocenters. The number of ether oxygens (including phenoxy) is 3. The highest BCUT2D eigenvalue weighted by Crippen LogP contribution is 2.39. The van der Waals surface area contributed by atoms with Crippen LogP contribution < -0.4 is 19.5 Å². The van der Waals surface area contributed by atoms with Gasteiger partial charge in [-0.25, -0.2) is 0 Å². The fourth-order valence-electron chi connectivity index (χ4n) is 3.78. The predicted molar refractivity (Wildman–Crippen MR) is 150 cm³/mol. The summed E-state index contributed by atoms with van der Waals surface area (Å²) in [6.45, 7) is 1.76. The summed E-state index contributed by atoms with van der Waals surface area (Å²) in [6.07, 6.45) is 1.78. The summed E-state index contributed by atoms with van der Waals surface area (Å²) < 4.78 is 16.8. The molecule has 0 saturated carbocycles. The van der Waals surface area contributed by atoms with Crippen LogP contribution in [0.3, 0.4) is 0 Å². The van der Waals surface area contributed by atoms with E-state index in [1.807, 2.05) is 37.3 Å². The Balaban J connectivity index is 1.43. The number of carbonyl (C=O) groups excluding carboxylic acids is 2. The van der Waals surface area contributed by atoms with E-state index < -0.39 is 0 Å². The highest BCUT2D eigenvalue weighted by atomic mass is 32.2. The van der Waals surface area contributed by atoms with Gasteiger partial charge in [0.05, 0.1) is 25.2 Å². The number of benzene rings is 3. The minimum atomic E-state index is -0.324. The number of carbonyl (C=O) groups is 2. The summed E-state index contributed by atoms with van der Waals surface area (Å²) in [6, 6.07) is 21.9. The van der Waals surface area contributed by atoms with E-state index >= 15 is 0 Å². The maximum absolute atomic E-state index is 13.2. The Morgan fingerprint density at radius 2 is 1.81 bits per heavy atom. The average molecular weight is 535 g/mol. The van der Waals surface area contributed by atoms with Crippen molar-refractivity contribution >= 4 is 51.9 Å². The minimum absolute atomic E-state index is 0.139. The van der Waals surface area contributed by atoms with Crippen molar-refractivity contribution in [1.29, 1.82) is 0 Å². The zero-order valence-electron chi connectivity index (χ0n) is 20.6. The Bertz CT molecular complexity index is 1340. The van der Waals surface area contributed by atoms with Crippen molar-refractivity contribution in [3.63, 3.8) is 0 Å². The van der Waals surface area contributed by atoms with Crippen LogP contribution in [0.25, 0.3) is 6.08 Å². The first-order valence-electron chi connectivity index (χ1n) is 11.5. The highest BCUT2D eigenvalue weighted by Gasteiger charge is 2.35. The van der Waals surface area contributed by atoms with Gasteiger partial charge in [-0.05, 0) is 48.4 Å². The molecular weight excluding hydrogens is 508 g/mol. The van der Waals surface area contributed by atoms with Crippen molar-refractivity contribution in [2.75, 3.05) is 26.1 Å². The molecule has 0 aromatic heterocycles. The van der Waals surface area contributed by atoms with Crippen molar-refractivity contribution < 1.29 is 23.8 Å². The lowest BCUT2D eigenvalue weighted by atomic mass is 10.1. The molecule has 37 heavy (non-hydrogen) atoms. The van der Waals surface area contributed by atoms with Crippen LogP contribution in [0.2, 0.25) is 0 Å². The van der Waals surface area contributed by atoms with Gasteiger partial charge in [0, 0.05) is 11.8 Å². The van der Waals surface area contributed by atoms with Gasteiger partial charge in [0.2, 0.25) is 0 Å². The van der Waals surface area contributed by atoms with E-state index in [4.69, 9.17) is 26.4 Å². The third kappa shape index (κ3) is 6.31. The van der Waals surface area contributed by atoms with Crippen LogP contribution >= 0.6 is 24.0 Å². The molecule has 0 spiro atoms. The zero-order valence-corrected chi connectivity index (χ0v) is 22.2. The van der Waals surface area contributed by atoms with Crippen LogP contribution in [-0.2, 0) is 9.59 Å². The number of anilines is 1. The lowest BCUT2D eigenvalue weighted by Gasteiger charge is -2.23. The summed E-state index contributed by atoms with van der Waals surface area (Å²) in [4.78, 5) is 27.7. The SMILES string of the molecule is COc1cccc(NC(=O)COc2ccc(/C=C3\SC(=S)N([C@@H](C)c4ccccc4)C3=O)cc2OC)c1. The van der Waals surface area contributed by atoms with E-state index in [1.165, 1.54) is 18.9 Å². The summed E-state index contributed by atoms with van der Waals surface area (Å²) >= 11 is 6.78. The number of rotatable bonds is 9. The second kappa shape index (κ2) is 11.9. The summed E-state index contributed by atoms with van der Waals surface area (Å²) in [7, 11) is 3.08. The molecule has 1 saturated heterocycles. The van der Waals surface area contributed by atoms with Crippen molar-refractivity contribution in [3.05, 3.63) is 88.8 Å². The minimum Gasteiger partial charge on any atom is -0.497 e. The summed E-state index contributed by atoms with van der Waals surface area (Å²) in [5.74, 6) is 1.03. The number of thioether (sulfide) groups is 1. The largest absolute Gasteiger partial charge is 0.497 e. The summed E-state index contributed by atoms with van der Waals surface area (Å²) in [5, 5.41) is 2.77. The Hall–Kier alpha value is -3.82. The van der Waals surface area contributed by atoms with Crippen molar-refractivity contribution in [1.82, 2.24) is 4.90 Å². The predicted octanol–water partition coefficient (Wildman–Crippen LogP) is 5.68. The molecule has 0 aliphatic carbocycles. The van der Waals surface area contributed by atoms with Crippen LogP contribution in [0.4, 0.5) is 5.69 Å². The normalized spacial score (nSPS) is 15.0. The molecular formula is C28H26N2O5S2. The molecule has 3 aromatic carbocycles. The molecule has 1 heterocycles. The lowest BCUT2D eigenvalue weighted by molar-refractivity contribution is -0.123. The molecule has 2 amide bonds. The number of thiocarbonyl (C=S) groups is 1. The number of nitrogens with one attached hydrogen (secondary N) is 1. The Morgan fingerprint density at radius 3 is 2.54 bits per heavy atom. The van der Waals surface area contributed by atoms with Crippen molar-refractivity contribution in [2.24, 2.45) is 0 Å². The van der Waals surface area contributed by atoms with Crippen LogP contribution in [0, 0.1) is 0 Å². The number of hydrogen-bond donors (Lipinski definition) is 1. The van der Waals surface area contributed by atoms with Gasteiger partial charge in [-0.15, -0.1) is 0 Å². The van der Waals surface area contributed by atoms with Crippen molar-refractivity contribution in [3.8, 4) is 17.2 Å². The van der Waals surface area contributed by atoms with Crippen LogP contribution in [-0.4, -0.2) is 41.9 Å². The van der Waals surface area contributed by atoms with Crippen LogP contribution in [0.15, 0.2) is 77.7 Å². The molecule has 1 atom stereocenters. The highest BCUT2D eigenvalue weighted by molar-refractivity contribution is 8.26. The first-order chi connectivity index (χ1) is 17.9. The second-order valence-corrected chi connectivity index (χ2v) is 9.79. The van der Waals surface area contributed by atoms with E-state index in [2.05, 4.69) is 5.32 Å². The van der Waals surface area contributed by atoms with Gasteiger partial charge in [0.1, 0.15) is 10.1 Å². The monoisotopic (exact) mass is 534 g/mol. The molecule has 7 nitrogen and oxygen atoms in total. The van der Waals surface area contributed by atoms with Gasteiger partial charge in [-0.1, -0.05) is 66.4 Å². The third-order valence-electron chi connectivity index (χ3n) is 5.69. The lowest BCUT2D eigenvalue weighted by Crippen LogP contribution is -2.30. The number of nitrogens with zero attached hydrogens (tertiary/aromatic N) is 1. The Morgan fingerprint density at radius 1 is 1.03 bits per heavy atom. The van der Waals surface area contributed by atoms with Crippen LogP contribution in [0.5, 0.6) is 17.2 Å². The van der Waals surface area contributed by atoms with Gasteiger partial charge >= 0.3 is 0 Å². The van der Waals surface area contributed by atoms with Gasteiger partial charge in [-0.2, -0.15) is 0 Å². The summed E-state index contributed by atoms with van der Waals surface area (Å²) in [5.41, 5.74) is 2.37.